The molecule has 1 aliphatic rings. The zero-order chi connectivity index (χ0) is 18.7. The molecule has 0 saturated heterocycles. The number of aryl methyl sites for hydroxylation is 3. The van der Waals surface area contributed by atoms with Gasteiger partial charge in [0.15, 0.2) is 5.78 Å². The molecule has 4 nitrogen and oxygen atoms in total. The van der Waals surface area contributed by atoms with Crippen molar-refractivity contribution in [1.82, 2.24) is 10.9 Å². The quantitative estimate of drug-likeness (QED) is 0.805. The smallest absolute Gasteiger partial charge is 0.193 e. The molecule has 0 unspecified atom stereocenters. The predicted octanol–water partition coefficient (Wildman–Crippen LogP) is 3.90. The number of carbonyl (C=O) groups is 1. The molecule has 1 aliphatic heterocycles. The van der Waals surface area contributed by atoms with Gasteiger partial charge in [0.2, 0.25) is 0 Å². The molecule has 0 bridgehead atoms. The molecular weight excluding hydrogens is 324 g/mol. The van der Waals surface area contributed by atoms with Crippen LogP contribution in [0.1, 0.15) is 38.2 Å². The van der Waals surface area contributed by atoms with Gasteiger partial charge in [-0.1, -0.05) is 17.7 Å². The minimum atomic E-state index is 0.0486. The van der Waals surface area contributed by atoms with E-state index in [9.17, 15) is 4.79 Å². The predicted molar refractivity (Wildman–Crippen MR) is 104 cm³/mol. The van der Waals surface area contributed by atoms with Crippen molar-refractivity contribution in [3.05, 3.63) is 87.8 Å². The van der Waals surface area contributed by atoms with Crippen LogP contribution in [0, 0.1) is 20.8 Å². The SMILES string of the molecule is COc1ccc(C(=O)c2c(C)cc(C)cc2C)cc1CC1=CC=CNN1. The van der Waals surface area contributed by atoms with Crippen LogP contribution < -0.4 is 15.6 Å². The fourth-order valence-corrected chi connectivity index (χ4v) is 3.44. The number of hydrazine groups is 1. The summed E-state index contributed by atoms with van der Waals surface area (Å²) in [6, 6.07) is 9.75. The number of benzene rings is 2. The molecule has 3 rings (SSSR count). The monoisotopic (exact) mass is 348 g/mol. The largest absolute Gasteiger partial charge is 0.496 e. The molecule has 2 N–H and O–H groups in total. The summed E-state index contributed by atoms with van der Waals surface area (Å²) in [4.78, 5) is 13.1. The highest BCUT2D eigenvalue weighted by Crippen LogP contribution is 2.26. The number of rotatable bonds is 5. The van der Waals surface area contributed by atoms with Gasteiger partial charge in [0, 0.05) is 35.0 Å². The second-order valence-corrected chi connectivity index (χ2v) is 6.63. The molecule has 0 radical (unpaired) electrons. The van der Waals surface area contributed by atoms with E-state index in [4.69, 9.17) is 4.74 Å². The van der Waals surface area contributed by atoms with Crippen molar-refractivity contribution in [2.45, 2.75) is 27.2 Å². The van der Waals surface area contributed by atoms with E-state index in [1.165, 1.54) is 5.56 Å². The summed E-state index contributed by atoms with van der Waals surface area (Å²) in [5.41, 5.74) is 12.7. The number of allylic oxidation sites excluding steroid dienone is 3. The first-order valence-corrected chi connectivity index (χ1v) is 8.66. The third-order valence-electron chi connectivity index (χ3n) is 4.54. The van der Waals surface area contributed by atoms with Crippen LogP contribution in [-0.2, 0) is 6.42 Å². The molecule has 2 aromatic rings. The topological polar surface area (TPSA) is 50.4 Å². The minimum Gasteiger partial charge on any atom is -0.496 e. The third kappa shape index (κ3) is 3.64. The molecule has 0 atom stereocenters. The van der Waals surface area contributed by atoms with Gasteiger partial charge >= 0.3 is 0 Å². The zero-order valence-electron chi connectivity index (χ0n) is 15.6. The summed E-state index contributed by atoms with van der Waals surface area (Å²) < 4.78 is 5.49. The van der Waals surface area contributed by atoms with E-state index in [1.807, 2.05) is 57.3 Å². The van der Waals surface area contributed by atoms with E-state index in [2.05, 4.69) is 23.0 Å². The fraction of sp³-hybridized carbons (Fsp3) is 0.227. The number of methoxy groups -OCH3 is 1. The molecule has 4 heteroatoms. The van der Waals surface area contributed by atoms with Gasteiger partial charge in [-0.3, -0.25) is 4.79 Å². The third-order valence-corrected chi connectivity index (χ3v) is 4.54. The van der Waals surface area contributed by atoms with Crippen LogP contribution in [0.2, 0.25) is 0 Å². The Morgan fingerprint density at radius 1 is 1.08 bits per heavy atom. The highest BCUT2D eigenvalue weighted by molar-refractivity contribution is 6.11. The first-order chi connectivity index (χ1) is 12.5. The van der Waals surface area contributed by atoms with E-state index in [-0.39, 0.29) is 5.78 Å². The highest BCUT2D eigenvalue weighted by Gasteiger charge is 2.17. The van der Waals surface area contributed by atoms with Crippen molar-refractivity contribution in [1.29, 1.82) is 0 Å². The molecule has 26 heavy (non-hydrogen) atoms. The van der Waals surface area contributed by atoms with Crippen molar-refractivity contribution in [3.8, 4) is 5.75 Å². The summed E-state index contributed by atoms with van der Waals surface area (Å²) in [6.45, 7) is 6.03. The fourth-order valence-electron chi connectivity index (χ4n) is 3.44. The number of carbonyl (C=O) groups excluding carboxylic acids is 1. The van der Waals surface area contributed by atoms with Crippen LogP contribution in [0.4, 0.5) is 0 Å². The van der Waals surface area contributed by atoms with Gasteiger partial charge in [-0.2, -0.15) is 0 Å². The molecule has 2 aromatic carbocycles. The Hall–Kier alpha value is -3.01. The van der Waals surface area contributed by atoms with Gasteiger partial charge in [-0.25, -0.2) is 0 Å². The standard InChI is InChI=1S/C22H24N2O2/c1-14-10-15(2)21(16(3)11-14)22(25)17-7-8-20(26-4)18(12-17)13-19-6-5-9-23-24-19/h5-12,23-24H,13H2,1-4H3. The summed E-state index contributed by atoms with van der Waals surface area (Å²) in [5.74, 6) is 0.823. The number of ether oxygens (including phenoxy) is 1. The van der Waals surface area contributed by atoms with Crippen LogP contribution in [0.15, 0.2) is 54.4 Å². The van der Waals surface area contributed by atoms with E-state index >= 15 is 0 Å². The molecule has 0 fully saturated rings. The van der Waals surface area contributed by atoms with Gasteiger partial charge in [-0.15, -0.1) is 0 Å². The van der Waals surface area contributed by atoms with Gasteiger partial charge in [0.1, 0.15) is 5.75 Å². The van der Waals surface area contributed by atoms with Gasteiger partial charge in [0.05, 0.1) is 7.11 Å². The number of hydrogen-bond donors (Lipinski definition) is 2. The first kappa shape index (κ1) is 17.8. The van der Waals surface area contributed by atoms with Crippen LogP contribution in [0.25, 0.3) is 0 Å². The van der Waals surface area contributed by atoms with Crippen molar-refractivity contribution >= 4 is 5.78 Å². The molecule has 0 amide bonds. The van der Waals surface area contributed by atoms with Crippen LogP contribution in [-0.4, -0.2) is 12.9 Å². The highest BCUT2D eigenvalue weighted by atomic mass is 16.5. The van der Waals surface area contributed by atoms with Crippen molar-refractivity contribution in [2.75, 3.05) is 7.11 Å². The van der Waals surface area contributed by atoms with E-state index < -0.39 is 0 Å². The molecule has 0 aliphatic carbocycles. The Morgan fingerprint density at radius 3 is 2.42 bits per heavy atom. The number of nitrogens with one attached hydrogen (secondary N) is 2. The van der Waals surface area contributed by atoms with Crippen molar-refractivity contribution in [3.63, 3.8) is 0 Å². The van der Waals surface area contributed by atoms with Crippen molar-refractivity contribution in [2.24, 2.45) is 0 Å². The average Bonchev–Trinajstić information content (AvgIpc) is 2.61. The van der Waals surface area contributed by atoms with Crippen molar-refractivity contribution < 1.29 is 9.53 Å². The summed E-state index contributed by atoms with van der Waals surface area (Å²) in [6.07, 6.45) is 6.40. The van der Waals surface area contributed by atoms with Gasteiger partial charge in [-0.05, 0) is 62.2 Å². The minimum absolute atomic E-state index is 0.0486. The maximum Gasteiger partial charge on any atom is 0.193 e. The van der Waals surface area contributed by atoms with E-state index in [0.29, 0.717) is 12.0 Å². The lowest BCUT2D eigenvalue weighted by Crippen LogP contribution is -2.29. The lowest BCUT2D eigenvalue weighted by atomic mass is 9.92. The Morgan fingerprint density at radius 2 is 1.81 bits per heavy atom. The molecule has 0 saturated carbocycles. The maximum atomic E-state index is 13.1. The van der Waals surface area contributed by atoms with E-state index in [0.717, 1.165) is 33.7 Å². The van der Waals surface area contributed by atoms with Crippen LogP contribution >= 0.6 is 0 Å². The summed E-state index contributed by atoms with van der Waals surface area (Å²) in [5, 5.41) is 0. The average molecular weight is 348 g/mol. The second kappa shape index (κ2) is 7.48. The maximum absolute atomic E-state index is 13.1. The number of ketones is 1. The first-order valence-electron chi connectivity index (χ1n) is 8.66. The summed E-state index contributed by atoms with van der Waals surface area (Å²) >= 11 is 0. The molecular formula is C22H24N2O2. The molecule has 0 aromatic heterocycles. The zero-order valence-corrected chi connectivity index (χ0v) is 15.6. The lowest BCUT2D eigenvalue weighted by molar-refractivity contribution is 0.103. The van der Waals surface area contributed by atoms with Gasteiger partial charge in [0.25, 0.3) is 0 Å². The summed E-state index contributed by atoms with van der Waals surface area (Å²) in [7, 11) is 1.65. The Labute approximate surface area is 154 Å². The van der Waals surface area contributed by atoms with Gasteiger partial charge < -0.3 is 15.6 Å². The Kier molecular flexibility index (Phi) is 5.12. The molecule has 0 spiro atoms. The van der Waals surface area contributed by atoms with Crippen LogP contribution in [0.3, 0.4) is 0 Å². The normalized spacial score (nSPS) is 12.8. The Balaban J connectivity index is 1.98. The lowest BCUT2D eigenvalue weighted by Gasteiger charge is -2.16. The van der Waals surface area contributed by atoms with E-state index in [1.54, 1.807) is 7.11 Å². The molecule has 134 valence electrons. The van der Waals surface area contributed by atoms with Crippen LogP contribution in [0.5, 0.6) is 5.75 Å². The molecule has 1 heterocycles. The number of hydrogen-bond acceptors (Lipinski definition) is 4. The second-order valence-electron chi connectivity index (χ2n) is 6.63. The Bertz CT molecular complexity index is 887.